The molecule has 1 amide bonds. The van der Waals surface area contributed by atoms with Gasteiger partial charge in [-0.05, 0) is 24.3 Å². The molecule has 21 heavy (non-hydrogen) atoms. The minimum Gasteiger partial charge on any atom is -0.475 e. The van der Waals surface area contributed by atoms with Crippen molar-refractivity contribution in [3.63, 3.8) is 0 Å². The van der Waals surface area contributed by atoms with Gasteiger partial charge in [-0.15, -0.1) is 0 Å². The van der Waals surface area contributed by atoms with Crippen LogP contribution >= 0.6 is 0 Å². The van der Waals surface area contributed by atoms with Crippen LogP contribution in [-0.2, 0) is 0 Å². The number of carboxylic acids is 1. The van der Waals surface area contributed by atoms with Gasteiger partial charge >= 0.3 is 12.6 Å². The number of aromatic carboxylic acids is 1. The lowest BCUT2D eigenvalue weighted by molar-refractivity contribution is -0.0498. The molecule has 0 saturated carbocycles. The summed E-state index contributed by atoms with van der Waals surface area (Å²) in [6.07, 6.45) is 0. The number of nitrogens with zero attached hydrogens (tertiary/aromatic N) is 1. The smallest absolute Gasteiger partial charge is 0.387 e. The van der Waals surface area contributed by atoms with Gasteiger partial charge in [0.2, 0.25) is 5.76 Å². The highest BCUT2D eigenvalue weighted by Gasteiger charge is 2.16. The SMILES string of the molecule is O=C(Nc1ccc(OC(F)F)cc1)c1cc(C(=O)O)on1. The van der Waals surface area contributed by atoms with Gasteiger partial charge in [-0.25, -0.2) is 4.79 Å². The molecule has 0 bridgehead atoms. The van der Waals surface area contributed by atoms with E-state index in [1.807, 2.05) is 0 Å². The highest BCUT2D eigenvalue weighted by Crippen LogP contribution is 2.18. The van der Waals surface area contributed by atoms with Gasteiger partial charge in [-0.2, -0.15) is 8.78 Å². The van der Waals surface area contributed by atoms with Crippen molar-refractivity contribution in [3.8, 4) is 5.75 Å². The molecule has 7 nitrogen and oxygen atoms in total. The average Bonchev–Trinajstić information content (AvgIpc) is 2.90. The fourth-order valence-corrected chi connectivity index (χ4v) is 1.40. The molecule has 1 heterocycles. The molecule has 2 rings (SSSR count). The topological polar surface area (TPSA) is 102 Å². The van der Waals surface area contributed by atoms with Crippen molar-refractivity contribution in [1.29, 1.82) is 0 Å². The van der Waals surface area contributed by atoms with Crippen molar-refractivity contribution in [3.05, 3.63) is 41.8 Å². The summed E-state index contributed by atoms with van der Waals surface area (Å²) < 4.78 is 32.5. The zero-order chi connectivity index (χ0) is 15.4. The number of anilines is 1. The van der Waals surface area contributed by atoms with Gasteiger partial charge in [0.15, 0.2) is 5.69 Å². The fraction of sp³-hybridized carbons (Fsp3) is 0.0833. The molecule has 9 heteroatoms. The Morgan fingerprint density at radius 1 is 1.29 bits per heavy atom. The summed E-state index contributed by atoms with van der Waals surface area (Å²) in [5.74, 6) is -2.58. The third-order valence-corrected chi connectivity index (χ3v) is 2.29. The van der Waals surface area contributed by atoms with Crippen LogP contribution in [0.2, 0.25) is 0 Å². The minimum absolute atomic E-state index is 0.0578. The second-order valence-corrected chi connectivity index (χ2v) is 3.74. The molecule has 0 unspecified atom stereocenters. The lowest BCUT2D eigenvalue weighted by Gasteiger charge is -2.06. The number of carbonyl (C=O) groups is 2. The number of amides is 1. The van der Waals surface area contributed by atoms with Crippen molar-refractivity contribution in [2.24, 2.45) is 0 Å². The van der Waals surface area contributed by atoms with Gasteiger partial charge in [-0.3, -0.25) is 4.79 Å². The van der Waals surface area contributed by atoms with Crippen molar-refractivity contribution in [2.45, 2.75) is 6.61 Å². The average molecular weight is 298 g/mol. The van der Waals surface area contributed by atoms with Crippen LogP contribution in [0.3, 0.4) is 0 Å². The third kappa shape index (κ3) is 3.75. The van der Waals surface area contributed by atoms with E-state index in [0.29, 0.717) is 5.69 Å². The zero-order valence-corrected chi connectivity index (χ0v) is 10.2. The number of halogens is 2. The van der Waals surface area contributed by atoms with Crippen LogP contribution in [0.15, 0.2) is 34.9 Å². The number of hydrogen-bond donors (Lipinski definition) is 2. The molecule has 0 saturated heterocycles. The summed E-state index contributed by atoms with van der Waals surface area (Å²) in [4.78, 5) is 22.3. The lowest BCUT2D eigenvalue weighted by atomic mass is 10.3. The first-order valence-electron chi connectivity index (χ1n) is 5.52. The molecule has 1 aromatic carbocycles. The van der Waals surface area contributed by atoms with E-state index in [9.17, 15) is 18.4 Å². The van der Waals surface area contributed by atoms with E-state index in [-0.39, 0.29) is 11.4 Å². The highest BCUT2D eigenvalue weighted by atomic mass is 19.3. The number of benzene rings is 1. The van der Waals surface area contributed by atoms with Gasteiger partial charge in [0.1, 0.15) is 5.75 Å². The quantitative estimate of drug-likeness (QED) is 0.877. The van der Waals surface area contributed by atoms with Crippen molar-refractivity contribution in [2.75, 3.05) is 5.32 Å². The van der Waals surface area contributed by atoms with Gasteiger partial charge in [0, 0.05) is 11.8 Å². The summed E-state index contributed by atoms with van der Waals surface area (Å²) in [6, 6.07) is 6.13. The van der Waals surface area contributed by atoms with E-state index in [4.69, 9.17) is 5.11 Å². The van der Waals surface area contributed by atoms with Gasteiger partial charge in [0.05, 0.1) is 0 Å². The molecule has 2 aromatic rings. The number of carbonyl (C=O) groups excluding carboxylic acids is 1. The number of rotatable bonds is 5. The Balaban J connectivity index is 2.03. The Morgan fingerprint density at radius 2 is 1.95 bits per heavy atom. The molecular weight excluding hydrogens is 290 g/mol. The van der Waals surface area contributed by atoms with E-state index in [1.54, 1.807) is 0 Å². The summed E-state index contributed by atoms with van der Waals surface area (Å²) in [5, 5.41) is 14.3. The Hall–Kier alpha value is -2.97. The zero-order valence-electron chi connectivity index (χ0n) is 10.2. The number of aromatic nitrogens is 1. The molecule has 0 aliphatic rings. The van der Waals surface area contributed by atoms with Crippen LogP contribution in [0.4, 0.5) is 14.5 Å². The van der Waals surface area contributed by atoms with Crippen molar-refractivity contribution >= 4 is 17.6 Å². The first-order valence-corrected chi connectivity index (χ1v) is 5.52. The Morgan fingerprint density at radius 3 is 2.48 bits per heavy atom. The molecule has 0 aliphatic carbocycles. The number of carboxylic acid groups (broad SMARTS) is 1. The van der Waals surface area contributed by atoms with Crippen LogP contribution in [0.1, 0.15) is 21.0 Å². The molecule has 0 aliphatic heterocycles. The Labute approximate surface area is 116 Å². The van der Waals surface area contributed by atoms with Crippen LogP contribution in [0.25, 0.3) is 0 Å². The summed E-state index contributed by atoms with van der Waals surface area (Å²) in [7, 11) is 0. The maximum atomic E-state index is 12.0. The largest absolute Gasteiger partial charge is 0.475 e. The summed E-state index contributed by atoms with van der Waals surface area (Å²) >= 11 is 0. The number of alkyl halides is 2. The lowest BCUT2D eigenvalue weighted by Crippen LogP contribution is -2.12. The van der Waals surface area contributed by atoms with E-state index in [0.717, 1.165) is 6.07 Å². The molecule has 1 aromatic heterocycles. The van der Waals surface area contributed by atoms with Crippen LogP contribution in [0, 0.1) is 0 Å². The van der Waals surface area contributed by atoms with Crippen molar-refractivity contribution in [1.82, 2.24) is 5.16 Å². The standard InChI is InChI=1S/C12H8F2N2O5/c13-12(14)20-7-3-1-6(2-4-7)15-10(17)8-5-9(11(18)19)21-16-8/h1-5,12H,(H,15,17)(H,18,19). The third-order valence-electron chi connectivity index (χ3n) is 2.29. The predicted molar refractivity (Wildman–Crippen MR) is 64.5 cm³/mol. The van der Waals surface area contributed by atoms with Crippen LogP contribution in [-0.4, -0.2) is 28.8 Å². The van der Waals surface area contributed by atoms with Crippen molar-refractivity contribution < 1.29 is 32.7 Å². The molecule has 0 radical (unpaired) electrons. The normalized spacial score (nSPS) is 10.4. The van der Waals surface area contributed by atoms with Crippen LogP contribution in [0.5, 0.6) is 5.75 Å². The minimum atomic E-state index is -2.94. The first kappa shape index (κ1) is 14.4. The molecule has 2 N–H and O–H groups in total. The van der Waals surface area contributed by atoms with E-state index in [1.165, 1.54) is 24.3 Å². The van der Waals surface area contributed by atoms with Gasteiger partial charge in [0.25, 0.3) is 5.91 Å². The second-order valence-electron chi connectivity index (χ2n) is 3.74. The second kappa shape index (κ2) is 5.99. The Kier molecular flexibility index (Phi) is 4.12. The molecule has 110 valence electrons. The first-order chi connectivity index (χ1) is 9.95. The summed E-state index contributed by atoms with van der Waals surface area (Å²) in [6.45, 7) is -2.94. The van der Waals surface area contributed by atoms with E-state index in [2.05, 4.69) is 19.7 Å². The fourth-order valence-electron chi connectivity index (χ4n) is 1.40. The predicted octanol–water partition coefficient (Wildman–Crippen LogP) is 2.23. The monoisotopic (exact) mass is 298 g/mol. The van der Waals surface area contributed by atoms with Gasteiger partial charge < -0.3 is 19.7 Å². The Bertz CT molecular complexity index is 654. The van der Waals surface area contributed by atoms with E-state index < -0.39 is 24.2 Å². The molecule has 0 atom stereocenters. The highest BCUT2D eigenvalue weighted by molar-refractivity contribution is 6.03. The van der Waals surface area contributed by atoms with Crippen LogP contribution < -0.4 is 10.1 Å². The molecular formula is C12H8F2N2O5. The summed E-state index contributed by atoms with van der Waals surface area (Å²) in [5.41, 5.74) is 0.0711. The number of ether oxygens (including phenoxy) is 1. The number of nitrogens with one attached hydrogen (secondary N) is 1. The maximum absolute atomic E-state index is 12.0. The van der Waals surface area contributed by atoms with Gasteiger partial charge in [-0.1, -0.05) is 5.16 Å². The maximum Gasteiger partial charge on any atom is 0.387 e. The molecule has 0 fully saturated rings. The molecule has 0 spiro atoms. The van der Waals surface area contributed by atoms with E-state index >= 15 is 0 Å². The number of hydrogen-bond acceptors (Lipinski definition) is 5.